The van der Waals surface area contributed by atoms with E-state index in [1.165, 1.54) is 0 Å². The Hall–Kier alpha value is -0.910. The molecular formula is C12H20ClN3O2. The number of hydrogen-bond donors (Lipinski definition) is 1. The standard InChI is InChI=1S/C12H20ClN3O2/c1-4-9(7-17-3)14-11-6-10(13)15-12(16-11)8-18-5-2/h6,9H,4-5,7-8H2,1-3H3,(H,14,15,16). The van der Waals surface area contributed by atoms with E-state index < -0.39 is 0 Å². The van der Waals surface area contributed by atoms with Gasteiger partial charge < -0.3 is 14.8 Å². The summed E-state index contributed by atoms with van der Waals surface area (Å²) in [5.41, 5.74) is 0. The maximum absolute atomic E-state index is 5.95. The minimum absolute atomic E-state index is 0.209. The number of halogens is 1. The van der Waals surface area contributed by atoms with Crippen LogP contribution in [0.3, 0.4) is 0 Å². The zero-order valence-electron chi connectivity index (χ0n) is 11.1. The van der Waals surface area contributed by atoms with Crippen LogP contribution in [0.1, 0.15) is 26.1 Å². The van der Waals surface area contributed by atoms with Crippen LogP contribution in [0.25, 0.3) is 0 Å². The van der Waals surface area contributed by atoms with Gasteiger partial charge in [0.2, 0.25) is 0 Å². The van der Waals surface area contributed by atoms with Gasteiger partial charge in [-0.1, -0.05) is 18.5 Å². The van der Waals surface area contributed by atoms with Gasteiger partial charge in [-0.25, -0.2) is 9.97 Å². The second-order valence-corrected chi connectivity index (χ2v) is 4.22. The molecule has 1 heterocycles. The molecule has 1 rings (SSSR count). The van der Waals surface area contributed by atoms with Crippen LogP contribution in [-0.2, 0) is 16.1 Å². The summed E-state index contributed by atoms with van der Waals surface area (Å²) < 4.78 is 10.4. The van der Waals surface area contributed by atoms with Crippen molar-refractivity contribution in [1.29, 1.82) is 0 Å². The van der Waals surface area contributed by atoms with Crippen molar-refractivity contribution < 1.29 is 9.47 Å². The minimum Gasteiger partial charge on any atom is -0.383 e. The highest BCUT2D eigenvalue weighted by molar-refractivity contribution is 6.29. The van der Waals surface area contributed by atoms with Gasteiger partial charge in [-0.05, 0) is 13.3 Å². The number of rotatable bonds is 8. The SMILES string of the molecule is CCOCc1nc(Cl)cc(NC(CC)COC)n1. The molecule has 0 aromatic carbocycles. The van der Waals surface area contributed by atoms with E-state index >= 15 is 0 Å². The molecule has 1 aromatic heterocycles. The van der Waals surface area contributed by atoms with Crippen LogP contribution in [0.2, 0.25) is 5.15 Å². The highest BCUT2D eigenvalue weighted by Crippen LogP contribution is 2.14. The first-order valence-corrected chi connectivity index (χ1v) is 6.44. The van der Waals surface area contributed by atoms with E-state index in [0.717, 1.165) is 6.42 Å². The Morgan fingerprint density at radius 1 is 1.39 bits per heavy atom. The molecule has 0 fully saturated rings. The Balaban J connectivity index is 2.71. The van der Waals surface area contributed by atoms with E-state index in [-0.39, 0.29) is 6.04 Å². The lowest BCUT2D eigenvalue weighted by atomic mass is 10.2. The van der Waals surface area contributed by atoms with Crippen LogP contribution < -0.4 is 5.32 Å². The second kappa shape index (κ2) is 8.24. The number of aromatic nitrogens is 2. The highest BCUT2D eigenvalue weighted by Gasteiger charge is 2.09. The molecule has 1 N–H and O–H groups in total. The molecule has 0 bridgehead atoms. The van der Waals surface area contributed by atoms with E-state index in [9.17, 15) is 0 Å². The first kappa shape index (κ1) is 15.1. The molecule has 5 nitrogen and oxygen atoms in total. The molecule has 102 valence electrons. The van der Waals surface area contributed by atoms with Crippen LogP contribution >= 0.6 is 11.6 Å². The average Bonchev–Trinajstić information content (AvgIpc) is 2.35. The first-order valence-electron chi connectivity index (χ1n) is 6.06. The van der Waals surface area contributed by atoms with Gasteiger partial charge in [-0.15, -0.1) is 0 Å². The topological polar surface area (TPSA) is 56.3 Å². The summed E-state index contributed by atoms with van der Waals surface area (Å²) in [6.07, 6.45) is 0.941. The van der Waals surface area contributed by atoms with Crippen molar-refractivity contribution in [3.63, 3.8) is 0 Å². The van der Waals surface area contributed by atoms with E-state index in [0.29, 0.717) is 36.6 Å². The second-order valence-electron chi connectivity index (χ2n) is 3.83. The number of anilines is 1. The molecule has 6 heteroatoms. The van der Waals surface area contributed by atoms with Crippen molar-refractivity contribution in [3.05, 3.63) is 17.0 Å². The molecule has 0 amide bonds. The van der Waals surface area contributed by atoms with E-state index in [2.05, 4.69) is 22.2 Å². The Bertz CT molecular complexity index is 363. The first-order chi connectivity index (χ1) is 8.69. The Morgan fingerprint density at radius 3 is 2.78 bits per heavy atom. The van der Waals surface area contributed by atoms with Crippen LogP contribution in [0.4, 0.5) is 5.82 Å². The van der Waals surface area contributed by atoms with Gasteiger partial charge in [0.1, 0.15) is 17.6 Å². The predicted octanol–water partition coefficient (Wildman–Crippen LogP) is 2.50. The van der Waals surface area contributed by atoms with Crippen molar-refractivity contribution in [2.75, 3.05) is 25.6 Å². The zero-order valence-corrected chi connectivity index (χ0v) is 11.8. The summed E-state index contributed by atoms with van der Waals surface area (Å²) in [5, 5.41) is 3.68. The molecule has 0 aliphatic carbocycles. The van der Waals surface area contributed by atoms with Gasteiger partial charge in [0.25, 0.3) is 0 Å². The molecule has 18 heavy (non-hydrogen) atoms. The summed E-state index contributed by atoms with van der Waals surface area (Å²) in [7, 11) is 1.68. The molecule has 0 aliphatic rings. The van der Waals surface area contributed by atoms with Crippen LogP contribution in [-0.4, -0.2) is 36.3 Å². The summed E-state index contributed by atoms with van der Waals surface area (Å²) in [4.78, 5) is 8.46. The Morgan fingerprint density at radius 2 is 2.17 bits per heavy atom. The van der Waals surface area contributed by atoms with Crippen LogP contribution in [0.15, 0.2) is 6.07 Å². The maximum atomic E-state index is 5.95. The number of ether oxygens (including phenoxy) is 2. The molecule has 0 saturated heterocycles. The van der Waals surface area contributed by atoms with Crippen molar-refractivity contribution in [2.24, 2.45) is 0 Å². The quantitative estimate of drug-likeness (QED) is 0.738. The summed E-state index contributed by atoms with van der Waals surface area (Å²) in [5.74, 6) is 1.28. The third kappa shape index (κ3) is 5.16. The number of methoxy groups -OCH3 is 1. The van der Waals surface area contributed by atoms with Gasteiger partial charge in [0.15, 0.2) is 5.82 Å². The monoisotopic (exact) mass is 273 g/mol. The molecule has 1 atom stereocenters. The third-order valence-electron chi connectivity index (χ3n) is 2.39. The van der Waals surface area contributed by atoms with Gasteiger partial charge in [-0.3, -0.25) is 0 Å². The van der Waals surface area contributed by atoms with Gasteiger partial charge in [0.05, 0.1) is 12.6 Å². The molecular weight excluding hydrogens is 254 g/mol. The van der Waals surface area contributed by atoms with Gasteiger partial charge in [-0.2, -0.15) is 0 Å². The smallest absolute Gasteiger partial charge is 0.158 e. The number of hydrogen-bond acceptors (Lipinski definition) is 5. The highest BCUT2D eigenvalue weighted by atomic mass is 35.5. The number of nitrogens with one attached hydrogen (secondary N) is 1. The Kier molecular flexibility index (Phi) is 6.93. The van der Waals surface area contributed by atoms with E-state index in [4.69, 9.17) is 21.1 Å². The number of nitrogens with zero attached hydrogens (tertiary/aromatic N) is 2. The van der Waals surface area contributed by atoms with Crippen molar-refractivity contribution in [1.82, 2.24) is 9.97 Å². The lowest BCUT2D eigenvalue weighted by Gasteiger charge is -2.17. The lowest BCUT2D eigenvalue weighted by Crippen LogP contribution is -2.24. The molecule has 0 saturated carbocycles. The third-order valence-corrected chi connectivity index (χ3v) is 2.58. The fourth-order valence-corrected chi connectivity index (χ4v) is 1.67. The molecule has 1 aromatic rings. The fraction of sp³-hybridized carbons (Fsp3) is 0.667. The summed E-state index contributed by atoms with van der Waals surface area (Å²) >= 11 is 5.95. The summed E-state index contributed by atoms with van der Waals surface area (Å²) in [6, 6.07) is 1.91. The van der Waals surface area contributed by atoms with Crippen molar-refractivity contribution >= 4 is 17.4 Å². The van der Waals surface area contributed by atoms with Crippen LogP contribution in [0, 0.1) is 0 Å². The fourth-order valence-electron chi connectivity index (χ4n) is 1.47. The molecule has 1 unspecified atom stereocenters. The summed E-state index contributed by atoms with van der Waals surface area (Å²) in [6.45, 7) is 5.63. The van der Waals surface area contributed by atoms with Gasteiger partial charge in [0, 0.05) is 19.8 Å². The maximum Gasteiger partial charge on any atom is 0.158 e. The largest absolute Gasteiger partial charge is 0.383 e. The van der Waals surface area contributed by atoms with Gasteiger partial charge >= 0.3 is 0 Å². The molecule has 0 spiro atoms. The zero-order chi connectivity index (χ0) is 13.4. The minimum atomic E-state index is 0.209. The average molecular weight is 274 g/mol. The molecule has 0 radical (unpaired) electrons. The van der Waals surface area contributed by atoms with E-state index in [1.807, 2.05) is 6.92 Å². The van der Waals surface area contributed by atoms with Crippen molar-refractivity contribution in [2.45, 2.75) is 32.9 Å². The molecule has 0 aliphatic heterocycles. The Labute approximate surface area is 113 Å². The van der Waals surface area contributed by atoms with Crippen molar-refractivity contribution in [3.8, 4) is 0 Å². The lowest BCUT2D eigenvalue weighted by molar-refractivity contribution is 0.128. The van der Waals surface area contributed by atoms with E-state index in [1.54, 1.807) is 13.2 Å². The predicted molar refractivity (Wildman–Crippen MR) is 71.9 cm³/mol. The van der Waals surface area contributed by atoms with Crippen LogP contribution in [0.5, 0.6) is 0 Å². The normalized spacial score (nSPS) is 12.4.